The lowest BCUT2D eigenvalue weighted by atomic mass is 9.96. The van der Waals surface area contributed by atoms with Gasteiger partial charge in [-0.2, -0.15) is 0 Å². The lowest BCUT2D eigenvalue weighted by Crippen LogP contribution is -2.69. The first-order chi connectivity index (χ1) is 33.8. The SMILES string of the molecule is CC[C@H](C)[C@H](NC(=O)[C@H]1CN(N[C@@H](C)C=O)[C@@H](Cc2ccc(O)cc2)C(=O)N1)C(=O)NC(CCC(N)=O)C(=O)N[C@@H](CC(N)=O)C(=O)NC(C)C(=O)N1CCC[C@H]1C(=O)N[C@@H](CC(C)C)C(=O)NCC(N)=O. The van der Waals surface area contributed by atoms with Crippen LogP contribution in [0.25, 0.3) is 0 Å². The summed E-state index contributed by atoms with van der Waals surface area (Å²) in [6.07, 6.45) is 0.238. The van der Waals surface area contributed by atoms with E-state index in [1.165, 1.54) is 29.0 Å². The Bertz CT molecular complexity index is 2160. The molecular formula is C46H71N13O13. The Morgan fingerprint density at radius 2 is 1.43 bits per heavy atom. The number of phenolic OH excluding ortho intramolecular Hbond substituents is 1. The molecule has 11 amide bonds. The van der Waals surface area contributed by atoms with Crippen molar-refractivity contribution in [3.63, 3.8) is 0 Å². The molecule has 0 bridgehead atoms. The number of hydrogen-bond donors (Lipinski definition) is 12. The number of hydrazine groups is 1. The number of nitrogens with zero attached hydrogens (tertiary/aromatic N) is 2. The number of aldehydes is 1. The molecule has 0 saturated carbocycles. The minimum absolute atomic E-state index is 0.0181. The van der Waals surface area contributed by atoms with Gasteiger partial charge in [0.25, 0.3) is 0 Å². The highest BCUT2D eigenvalue weighted by molar-refractivity contribution is 5.99. The molecule has 10 atom stereocenters. The molecule has 2 unspecified atom stereocenters. The van der Waals surface area contributed by atoms with Gasteiger partial charge in [-0.1, -0.05) is 46.2 Å². The maximum absolute atomic E-state index is 14.1. The number of piperazine rings is 1. The van der Waals surface area contributed by atoms with Crippen LogP contribution < -0.4 is 59.8 Å². The second-order valence-corrected chi connectivity index (χ2v) is 18.6. The fourth-order valence-corrected chi connectivity index (χ4v) is 8.07. The zero-order valence-corrected chi connectivity index (χ0v) is 41.5. The molecule has 0 spiro atoms. The number of nitrogens with two attached hydrogens (primary N) is 3. The number of phenols is 1. The average Bonchev–Trinajstić information content (AvgIpc) is 3.81. The van der Waals surface area contributed by atoms with Crippen LogP contribution in [0.15, 0.2) is 24.3 Å². The number of carbonyl (C=O) groups excluding carboxylic acids is 12. The summed E-state index contributed by atoms with van der Waals surface area (Å²) >= 11 is 0. The number of amides is 11. The molecule has 15 N–H and O–H groups in total. The fraction of sp³-hybridized carbons (Fsp3) is 0.609. The standard InChI is InChI=1S/C46H71N13O13/c1-7-24(4)38(56-42(68)32-21-59(57-25(5)22-60)34(44(70)55-32)18-27-10-12-28(61)13-11-27)45(71)52-29(14-15-35(47)62)40(66)53-31(19-36(48)63)41(67)51-26(6)46(72)58-16-8-9-33(58)43(69)54-30(17-23(2)3)39(65)50-20-37(49)64/h10-13,22-26,29-34,38,57,61H,7-9,14-21H2,1-6H3,(H2,47,62)(H2,48,63)(H2,49,64)(H,50,65)(H,51,67)(H,52,71)(H,53,66)(H,54,69)(H,55,70)(H,56,68)/t24-,25-,26?,29?,30-,31-,32+,33-,34-,38-/m0/s1. The summed E-state index contributed by atoms with van der Waals surface area (Å²) in [4.78, 5) is 158. The van der Waals surface area contributed by atoms with Crippen LogP contribution >= 0.6 is 0 Å². The zero-order chi connectivity index (χ0) is 54.0. The van der Waals surface area contributed by atoms with E-state index >= 15 is 0 Å². The molecule has 1 aromatic carbocycles. The van der Waals surface area contributed by atoms with Gasteiger partial charge in [-0.05, 0) is 75.5 Å². The Hall–Kier alpha value is -7.22. The molecule has 2 aliphatic heterocycles. The molecule has 26 heteroatoms. The van der Waals surface area contributed by atoms with Gasteiger partial charge in [0.05, 0.1) is 19.0 Å². The Labute approximate surface area is 417 Å². The Balaban J connectivity index is 1.77. The third-order valence-electron chi connectivity index (χ3n) is 12.1. The summed E-state index contributed by atoms with van der Waals surface area (Å²) in [6.45, 7) is 9.36. The minimum Gasteiger partial charge on any atom is -0.508 e. The van der Waals surface area contributed by atoms with Crippen LogP contribution in [-0.2, 0) is 64.0 Å². The van der Waals surface area contributed by atoms with E-state index in [4.69, 9.17) is 17.2 Å². The van der Waals surface area contributed by atoms with Crippen molar-refractivity contribution in [2.45, 2.75) is 147 Å². The number of rotatable bonds is 28. The Morgan fingerprint density at radius 3 is 2.01 bits per heavy atom. The molecule has 2 aliphatic rings. The topological polar surface area (TPSA) is 406 Å². The van der Waals surface area contributed by atoms with Crippen molar-refractivity contribution >= 4 is 71.3 Å². The van der Waals surface area contributed by atoms with Crippen LogP contribution in [0.1, 0.15) is 92.1 Å². The molecule has 398 valence electrons. The summed E-state index contributed by atoms with van der Waals surface area (Å²) < 4.78 is 0. The number of nitrogens with one attached hydrogen (secondary N) is 8. The highest BCUT2D eigenvalue weighted by atomic mass is 16.3. The van der Waals surface area contributed by atoms with Gasteiger partial charge in [-0.3, -0.25) is 52.7 Å². The zero-order valence-electron chi connectivity index (χ0n) is 41.5. The third kappa shape index (κ3) is 18.2. The molecule has 1 aromatic rings. The van der Waals surface area contributed by atoms with Crippen LogP contribution in [-0.4, -0.2) is 160 Å². The van der Waals surface area contributed by atoms with E-state index in [1.54, 1.807) is 32.9 Å². The van der Waals surface area contributed by atoms with E-state index in [9.17, 15) is 62.6 Å². The number of aromatic hydroxyl groups is 1. The molecule has 0 aromatic heterocycles. The Morgan fingerprint density at radius 1 is 0.792 bits per heavy atom. The van der Waals surface area contributed by atoms with E-state index in [0.29, 0.717) is 24.7 Å². The first-order valence-corrected chi connectivity index (χ1v) is 23.9. The smallest absolute Gasteiger partial charge is 0.245 e. The minimum atomic E-state index is -1.73. The molecule has 72 heavy (non-hydrogen) atoms. The first kappa shape index (κ1) is 59.1. The van der Waals surface area contributed by atoms with E-state index in [-0.39, 0.29) is 44.0 Å². The van der Waals surface area contributed by atoms with Crippen LogP contribution in [0.4, 0.5) is 0 Å². The molecule has 0 radical (unpaired) electrons. The molecule has 0 aliphatic carbocycles. The second-order valence-electron chi connectivity index (χ2n) is 18.6. The monoisotopic (exact) mass is 1010 g/mol. The first-order valence-electron chi connectivity index (χ1n) is 23.9. The van der Waals surface area contributed by atoms with E-state index in [2.05, 4.69) is 42.6 Å². The van der Waals surface area contributed by atoms with Crippen molar-refractivity contribution in [2.75, 3.05) is 19.6 Å². The van der Waals surface area contributed by atoms with Crippen molar-refractivity contribution in [1.29, 1.82) is 0 Å². The van der Waals surface area contributed by atoms with Gasteiger partial charge in [0.2, 0.25) is 65.0 Å². The summed E-state index contributed by atoms with van der Waals surface area (Å²) in [7, 11) is 0. The van der Waals surface area contributed by atoms with Crippen molar-refractivity contribution < 1.29 is 62.6 Å². The van der Waals surface area contributed by atoms with E-state index < -0.39 is 151 Å². The Kier molecular flexibility index (Phi) is 23.0. The average molecular weight is 1010 g/mol. The number of primary amides is 3. The maximum atomic E-state index is 14.1. The van der Waals surface area contributed by atoms with Gasteiger partial charge in [0.15, 0.2) is 0 Å². The predicted molar refractivity (Wildman–Crippen MR) is 256 cm³/mol. The van der Waals surface area contributed by atoms with Gasteiger partial charge in [0.1, 0.15) is 60.4 Å². The van der Waals surface area contributed by atoms with Crippen molar-refractivity contribution in [2.24, 2.45) is 29.0 Å². The number of likely N-dealkylation sites (tertiary alicyclic amines) is 1. The summed E-state index contributed by atoms with van der Waals surface area (Å²) in [5.41, 5.74) is 19.6. The van der Waals surface area contributed by atoms with Crippen LogP contribution in [0.2, 0.25) is 0 Å². The molecule has 2 heterocycles. The lowest BCUT2D eigenvalue weighted by molar-refractivity contribution is -0.142. The van der Waals surface area contributed by atoms with Gasteiger partial charge in [-0.15, -0.1) is 0 Å². The van der Waals surface area contributed by atoms with E-state index in [1.807, 2.05) is 13.8 Å². The maximum Gasteiger partial charge on any atom is 0.245 e. The van der Waals surface area contributed by atoms with Gasteiger partial charge >= 0.3 is 0 Å². The largest absolute Gasteiger partial charge is 0.508 e. The van der Waals surface area contributed by atoms with Crippen LogP contribution in [0.3, 0.4) is 0 Å². The fourth-order valence-electron chi connectivity index (χ4n) is 8.07. The highest BCUT2D eigenvalue weighted by Crippen LogP contribution is 2.21. The van der Waals surface area contributed by atoms with Gasteiger partial charge < -0.3 is 69.2 Å². The molecule has 2 saturated heterocycles. The number of benzene rings is 1. The van der Waals surface area contributed by atoms with Gasteiger partial charge in [0, 0.05) is 19.5 Å². The van der Waals surface area contributed by atoms with Crippen molar-refractivity contribution in [3.8, 4) is 5.75 Å². The quantitative estimate of drug-likeness (QED) is 0.0352. The van der Waals surface area contributed by atoms with Crippen molar-refractivity contribution in [3.05, 3.63) is 29.8 Å². The van der Waals surface area contributed by atoms with Gasteiger partial charge in [-0.25, -0.2) is 10.4 Å². The molecular weight excluding hydrogens is 943 g/mol. The number of hydrogen-bond acceptors (Lipinski definition) is 15. The molecule has 2 fully saturated rings. The number of carbonyl (C=O) groups is 12. The predicted octanol–water partition coefficient (Wildman–Crippen LogP) is -4.53. The van der Waals surface area contributed by atoms with E-state index in [0.717, 1.165) is 0 Å². The lowest BCUT2D eigenvalue weighted by Gasteiger charge is -2.40. The molecule has 3 rings (SSSR count). The van der Waals surface area contributed by atoms with Crippen molar-refractivity contribution in [1.82, 2.24) is 52.6 Å². The summed E-state index contributed by atoms with van der Waals surface area (Å²) in [5, 5.41) is 28.8. The highest BCUT2D eigenvalue weighted by Gasteiger charge is 2.42. The van der Waals surface area contributed by atoms with Crippen LogP contribution in [0.5, 0.6) is 5.75 Å². The third-order valence-corrected chi connectivity index (χ3v) is 12.1. The summed E-state index contributed by atoms with van der Waals surface area (Å²) in [6, 6.07) is -4.89. The second kappa shape index (κ2) is 28.0. The molecule has 26 nitrogen and oxygen atoms in total. The summed E-state index contributed by atoms with van der Waals surface area (Å²) in [5.74, 6) is -9.75. The van der Waals surface area contributed by atoms with Crippen LogP contribution in [0, 0.1) is 11.8 Å². The normalized spacial score (nSPS) is 19.7.